The number of methoxy groups -OCH3 is 1. The Morgan fingerprint density at radius 1 is 1.00 bits per heavy atom. The number of ether oxygens (including phenoxy) is 1. The van der Waals surface area contributed by atoms with Crippen molar-refractivity contribution < 1.29 is 4.74 Å². The largest absolute Gasteiger partial charge is 0.497 e. The number of aromatic nitrogens is 1. The first-order valence-corrected chi connectivity index (χ1v) is 8.24. The quantitative estimate of drug-likeness (QED) is 0.611. The van der Waals surface area contributed by atoms with Gasteiger partial charge in [-0.25, -0.2) is 0 Å². The van der Waals surface area contributed by atoms with Gasteiger partial charge in [-0.1, -0.05) is 43.3 Å². The second-order valence-electron chi connectivity index (χ2n) is 6.06. The molecule has 0 aliphatic heterocycles. The summed E-state index contributed by atoms with van der Waals surface area (Å²) in [6, 6.07) is 19.0. The van der Waals surface area contributed by atoms with Crippen LogP contribution in [-0.4, -0.2) is 12.1 Å². The number of pyridine rings is 1. The maximum Gasteiger partial charge on any atom is 0.118 e. The van der Waals surface area contributed by atoms with Gasteiger partial charge >= 0.3 is 0 Å². The predicted octanol–water partition coefficient (Wildman–Crippen LogP) is 5.37. The maximum absolute atomic E-state index is 5.22. The molecule has 118 valence electrons. The Labute approximate surface area is 138 Å². The number of hydrogen-bond acceptors (Lipinski definition) is 2. The first-order valence-electron chi connectivity index (χ1n) is 8.24. The van der Waals surface area contributed by atoms with Crippen LogP contribution in [0.25, 0.3) is 10.9 Å². The molecule has 0 spiro atoms. The number of aryl methyl sites for hydroxylation is 1. The molecule has 1 aromatic heterocycles. The highest BCUT2D eigenvalue weighted by atomic mass is 16.5. The smallest absolute Gasteiger partial charge is 0.118 e. The van der Waals surface area contributed by atoms with Gasteiger partial charge in [0.15, 0.2) is 0 Å². The Morgan fingerprint density at radius 2 is 1.78 bits per heavy atom. The lowest BCUT2D eigenvalue weighted by Crippen LogP contribution is -1.96. The van der Waals surface area contributed by atoms with Crippen LogP contribution >= 0.6 is 0 Å². The summed E-state index contributed by atoms with van der Waals surface area (Å²) in [6.07, 6.45) is 5.30. The first kappa shape index (κ1) is 15.5. The van der Waals surface area contributed by atoms with E-state index in [2.05, 4.69) is 48.3 Å². The lowest BCUT2D eigenvalue weighted by Gasteiger charge is -2.13. The maximum atomic E-state index is 5.22. The second-order valence-corrected chi connectivity index (χ2v) is 6.06. The Bertz CT molecular complexity index is 759. The summed E-state index contributed by atoms with van der Waals surface area (Å²) in [5, 5.41) is 1.23. The zero-order valence-electron chi connectivity index (χ0n) is 13.8. The van der Waals surface area contributed by atoms with Gasteiger partial charge in [0.05, 0.1) is 12.6 Å². The zero-order valence-corrected chi connectivity index (χ0v) is 13.8. The van der Waals surface area contributed by atoms with E-state index in [-0.39, 0.29) is 0 Å². The number of nitrogens with zero attached hydrogens (tertiary/aromatic N) is 1. The van der Waals surface area contributed by atoms with Crippen molar-refractivity contribution >= 4 is 10.9 Å². The van der Waals surface area contributed by atoms with E-state index < -0.39 is 0 Å². The van der Waals surface area contributed by atoms with Crippen LogP contribution in [0.5, 0.6) is 5.75 Å². The van der Waals surface area contributed by atoms with E-state index >= 15 is 0 Å². The van der Waals surface area contributed by atoms with E-state index in [0.29, 0.717) is 5.92 Å². The van der Waals surface area contributed by atoms with Gasteiger partial charge in [0.25, 0.3) is 0 Å². The predicted molar refractivity (Wildman–Crippen MR) is 96.1 cm³/mol. The van der Waals surface area contributed by atoms with Crippen molar-refractivity contribution in [2.24, 2.45) is 0 Å². The fourth-order valence-electron chi connectivity index (χ4n) is 3.07. The number of fused-ring (bicyclic) bond motifs is 1. The minimum atomic E-state index is 0.559. The molecule has 0 bridgehead atoms. The third kappa shape index (κ3) is 3.70. The van der Waals surface area contributed by atoms with E-state index in [1.54, 1.807) is 7.11 Å². The van der Waals surface area contributed by atoms with Gasteiger partial charge in [0, 0.05) is 11.6 Å². The topological polar surface area (TPSA) is 22.1 Å². The molecule has 1 unspecified atom stereocenters. The fourth-order valence-corrected chi connectivity index (χ4v) is 3.07. The summed E-state index contributed by atoms with van der Waals surface area (Å²) in [5.41, 5.74) is 3.87. The summed E-state index contributed by atoms with van der Waals surface area (Å²) < 4.78 is 5.22. The van der Waals surface area contributed by atoms with Gasteiger partial charge in [0.2, 0.25) is 0 Å². The van der Waals surface area contributed by atoms with Gasteiger partial charge in [0.1, 0.15) is 5.75 Å². The number of rotatable bonds is 6. The van der Waals surface area contributed by atoms with Crippen LogP contribution in [-0.2, 0) is 6.42 Å². The minimum absolute atomic E-state index is 0.559. The normalized spacial score (nSPS) is 12.3. The molecule has 23 heavy (non-hydrogen) atoms. The zero-order chi connectivity index (χ0) is 16.1. The molecular weight excluding hydrogens is 282 g/mol. The Hall–Kier alpha value is -2.35. The van der Waals surface area contributed by atoms with Gasteiger partial charge in [-0.05, 0) is 54.5 Å². The van der Waals surface area contributed by atoms with Crippen molar-refractivity contribution in [1.82, 2.24) is 4.98 Å². The Balaban J connectivity index is 1.61. The van der Waals surface area contributed by atoms with Crippen LogP contribution in [0.4, 0.5) is 0 Å². The van der Waals surface area contributed by atoms with Crippen LogP contribution in [0.1, 0.15) is 36.8 Å². The average molecular weight is 305 g/mol. The summed E-state index contributed by atoms with van der Waals surface area (Å²) in [6.45, 7) is 2.29. The standard InChI is InChI=1S/C21H23NO/c1-16(17-11-13-20(23-2)14-12-17)6-3-7-18-8-4-9-19-10-5-15-22-21(18)19/h4-5,8-16H,3,6-7H2,1-2H3. The Morgan fingerprint density at radius 3 is 2.57 bits per heavy atom. The van der Waals surface area contributed by atoms with Crippen molar-refractivity contribution in [1.29, 1.82) is 0 Å². The molecule has 2 nitrogen and oxygen atoms in total. The van der Waals surface area contributed by atoms with Crippen LogP contribution in [0.3, 0.4) is 0 Å². The van der Waals surface area contributed by atoms with Gasteiger partial charge in [-0.3, -0.25) is 4.98 Å². The monoisotopic (exact) mass is 305 g/mol. The van der Waals surface area contributed by atoms with Crippen molar-refractivity contribution in [3.05, 3.63) is 71.9 Å². The molecular formula is C21H23NO. The summed E-state index contributed by atoms with van der Waals surface area (Å²) in [5.74, 6) is 1.48. The lowest BCUT2D eigenvalue weighted by atomic mass is 9.94. The van der Waals surface area contributed by atoms with Crippen LogP contribution in [0, 0.1) is 0 Å². The molecule has 0 N–H and O–H groups in total. The van der Waals surface area contributed by atoms with Crippen molar-refractivity contribution in [3.63, 3.8) is 0 Å². The molecule has 0 radical (unpaired) electrons. The van der Waals surface area contributed by atoms with Crippen LogP contribution in [0.2, 0.25) is 0 Å². The van der Waals surface area contributed by atoms with Gasteiger partial charge < -0.3 is 4.74 Å². The average Bonchev–Trinajstić information content (AvgIpc) is 2.62. The summed E-state index contributed by atoms with van der Waals surface area (Å²) in [4.78, 5) is 4.54. The second kappa shape index (κ2) is 7.28. The van der Waals surface area contributed by atoms with Crippen molar-refractivity contribution in [3.8, 4) is 5.75 Å². The molecule has 0 fully saturated rings. The summed E-state index contributed by atoms with van der Waals surface area (Å²) in [7, 11) is 1.71. The Kier molecular flexibility index (Phi) is 4.92. The molecule has 0 aliphatic carbocycles. The van der Waals surface area contributed by atoms with E-state index in [4.69, 9.17) is 4.74 Å². The molecule has 0 amide bonds. The lowest BCUT2D eigenvalue weighted by molar-refractivity contribution is 0.414. The molecule has 1 atom stereocenters. The fraction of sp³-hybridized carbons (Fsp3) is 0.286. The minimum Gasteiger partial charge on any atom is -0.497 e. The molecule has 3 rings (SSSR count). The molecule has 2 aromatic carbocycles. The van der Waals surface area contributed by atoms with E-state index in [1.165, 1.54) is 29.4 Å². The molecule has 0 saturated carbocycles. The molecule has 3 aromatic rings. The highest BCUT2D eigenvalue weighted by molar-refractivity contribution is 5.81. The number of benzene rings is 2. The first-order chi connectivity index (χ1) is 11.3. The highest BCUT2D eigenvalue weighted by Gasteiger charge is 2.07. The third-order valence-corrected chi connectivity index (χ3v) is 4.48. The summed E-state index contributed by atoms with van der Waals surface area (Å²) >= 11 is 0. The highest BCUT2D eigenvalue weighted by Crippen LogP contribution is 2.25. The molecule has 2 heteroatoms. The van der Waals surface area contributed by atoms with E-state index in [9.17, 15) is 0 Å². The van der Waals surface area contributed by atoms with E-state index in [1.807, 2.05) is 24.4 Å². The molecule has 1 heterocycles. The van der Waals surface area contributed by atoms with Crippen molar-refractivity contribution in [2.45, 2.75) is 32.1 Å². The number of para-hydroxylation sites is 1. The number of hydrogen-bond donors (Lipinski definition) is 0. The third-order valence-electron chi connectivity index (χ3n) is 4.48. The SMILES string of the molecule is COc1ccc(C(C)CCCc2cccc3cccnc23)cc1. The van der Waals surface area contributed by atoms with Gasteiger partial charge in [-0.2, -0.15) is 0 Å². The van der Waals surface area contributed by atoms with E-state index in [0.717, 1.165) is 17.7 Å². The molecule has 0 saturated heterocycles. The van der Waals surface area contributed by atoms with Crippen LogP contribution in [0.15, 0.2) is 60.8 Å². The van der Waals surface area contributed by atoms with Gasteiger partial charge in [-0.15, -0.1) is 0 Å². The van der Waals surface area contributed by atoms with Crippen molar-refractivity contribution in [2.75, 3.05) is 7.11 Å². The van der Waals surface area contributed by atoms with Crippen LogP contribution < -0.4 is 4.74 Å². The molecule has 0 aliphatic rings.